The van der Waals surface area contributed by atoms with Gasteiger partial charge < -0.3 is 4.98 Å². The molecule has 6 aromatic heterocycles. The molecule has 8 nitrogen and oxygen atoms in total. The number of H-pyrrole nitrogens is 2. The number of aromatic nitrogens is 7. The van der Waals surface area contributed by atoms with Crippen LogP contribution in [0.4, 0.5) is 0 Å². The summed E-state index contributed by atoms with van der Waals surface area (Å²) in [7, 11) is 0. The highest BCUT2D eigenvalue weighted by Gasteiger charge is 2.16. The molecule has 2 N–H and O–H groups in total. The van der Waals surface area contributed by atoms with E-state index in [0.717, 1.165) is 75.3 Å². The summed E-state index contributed by atoms with van der Waals surface area (Å²) in [6.07, 6.45) is 13.7. The van der Waals surface area contributed by atoms with Gasteiger partial charge in [-0.3, -0.25) is 29.9 Å². The molecule has 0 radical (unpaired) electrons. The van der Waals surface area contributed by atoms with Crippen LogP contribution in [-0.2, 0) is 6.54 Å². The second kappa shape index (κ2) is 8.66. The Bertz CT molecular complexity index is 1680. The number of nitrogens with one attached hydrogen (secondary N) is 2. The van der Waals surface area contributed by atoms with Gasteiger partial charge in [0.1, 0.15) is 5.69 Å². The average Bonchev–Trinajstić information content (AvgIpc) is 3.68. The van der Waals surface area contributed by atoms with Gasteiger partial charge in [-0.2, -0.15) is 5.10 Å². The Hall–Kier alpha value is -4.43. The van der Waals surface area contributed by atoms with Gasteiger partial charge in [-0.15, -0.1) is 0 Å². The second-order valence-corrected chi connectivity index (χ2v) is 9.30. The molecule has 0 aromatic carbocycles. The molecular weight excluding hydrogens is 448 g/mol. The van der Waals surface area contributed by atoms with Gasteiger partial charge in [-0.1, -0.05) is 6.07 Å². The largest absolute Gasteiger partial charge is 0.352 e. The van der Waals surface area contributed by atoms with Crippen molar-refractivity contribution in [2.75, 3.05) is 13.1 Å². The van der Waals surface area contributed by atoms with Gasteiger partial charge >= 0.3 is 0 Å². The first-order valence-corrected chi connectivity index (χ1v) is 12.2. The van der Waals surface area contributed by atoms with Crippen molar-refractivity contribution in [1.82, 2.24) is 40.0 Å². The van der Waals surface area contributed by atoms with Crippen LogP contribution < -0.4 is 0 Å². The second-order valence-electron chi connectivity index (χ2n) is 9.30. The van der Waals surface area contributed by atoms with E-state index >= 15 is 0 Å². The van der Waals surface area contributed by atoms with Gasteiger partial charge in [0.05, 0.1) is 40.5 Å². The summed E-state index contributed by atoms with van der Waals surface area (Å²) in [6, 6.07) is 12.3. The fraction of sp³-hybridized carbons (Fsp3) is 0.179. The third-order valence-corrected chi connectivity index (χ3v) is 6.88. The summed E-state index contributed by atoms with van der Waals surface area (Å²) in [5.74, 6) is 0. The minimum atomic E-state index is 0.845. The molecule has 7 rings (SSSR count). The molecule has 0 saturated carbocycles. The Morgan fingerprint density at radius 2 is 1.72 bits per heavy atom. The SMILES string of the molecule is c1ccc(-c2cncc3[nH]c(-c4n[nH]c5cnc(-c6cncc(CN7CCCC7)c6)cc45)cc23)nc1. The Morgan fingerprint density at radius 1 is 0.806 bits per heavy atom. The molecule has 8 heteroatoms. The molecule has 6 aromatic rings. The standard InChI is InChI=1S/C28H24N8/c1-2-6-31-23(5-1)22-14-30-15-26-20(22)10-25(33-26)28-21-11-24(32-16-27(21)34-35-28)19-9-18(12-29-13-19)17-36-7-3-4-8-36/h1-2,5-6,9-16,33H,3-4,7-8,17H2,(H,34,35). The lowest BCUT2D eigenvalue weighted by Gasteiger charge is -2.14. The minimum Gasteiger partial charge on any atom is -0.352 e. The third kappa shape index (κ3) is 3.72. The topological polar surface area (TPSA) is 99.3 Å². The number of pyridine rings is 4. The van der Waals surface area contributed by atoms with Crippen molar-refractivity contribution >= 4 is 21.8 Å². The van der Waals surface area contributed by atoms with Gasteiger partial charge in [0, 0.05) is 53.2 Å². The van der Waals surface area contributed by atoms with Crippen LogP contribution in [0.5, 0.6) is 0 Å². The Morgan fingerprint density at radius 3 is 2.61 bits per heavy atom. The molecule has 0 aliphatic carbocycles. The molecule has 36 heavy (non-hydrogen) atoms. The lowest BCUT2D eigenvalue weighted by molar-refractivity contribution is 0.331. The summed E-state index contributed by atoms with van der Waals surface area (Å²) < 4.78 is 0. The maximum Gasteiger partial charge on any atom is 0.116 e. The van der Waals surface area contributed by atoms with Gasteiger partial charge in [0.2, 0.25) is 0 Å². The average molecular weight is 473 g/mol. The summed E-state index contributed by atoms with van der Waals surface area (Å²) in [5.41, 5.74) is 8.58. The monoisotopic (exact) mass is 472 g/mol. The zero-order valence-corrected chi connectivity index (χ0v) is 19.6. The van der Waals surface area contributed by atoms with Crippen LogP contribution >= 0.6 is 0 Å². The number of hydrogen-bond acceptors (Lipinski definition) is 6. The predicted molar refractivity (Wildman–Crippen MR) is 140 cm³/mol. The molecule has 0 atom stereocenters. The zero-order chi connectivity index (χ0) is 23.9. The number of aromatic amines is 2. The van der Waals surface area contributed by atoms with E-state index in [4.69, 9.17) is 4.98 Å². The first kappa shape index (κ1) is 20.9. The molecule has 0 spiro atoms. The normalized spacial score (nSPS) is 14.2. The summed E-state index contributed by atoms with van der Waals surface area (Å²) >= 11 is 0. The quantitative estimate of drug-likeness (QED) is 0.357. The highest BCUT2D eigenvalue weighted by Crippen LogP contribution is 2.33. The molecule has 1 saturated heterocycles. The fourth-order valence-corrected chi connectivity index (χ4v) is 5.10. The van der Waals surface area contributed by atoms with E-state index in [1.165, 1.54) is 18.4 Å². The van der Waals surface area contributed by atoms with E-state index in [1.54, 1.807) is 6.20 Å². The van der Waals surface area contributed by atoms with Gasteiger partial charge in [-0.05, 0) is 61.8 Å². The summed E-state index contributed by atoms with van der Waals surface area (Å²) in [4.78, 5) is 24.1. The highest BCUT2D eigenvalue weighted by atomic mass is 15.1. The van der Waals surface area contributed by atoms with E-state index < -0.39 is 0 Å². The molecule has 0 unspecified atom stereocenters. The van der Waals surface area contributed by atoms with Crippen molar-refractivity contribution in [3.63, 3.8) is 0 Å². The number of fused-ring (bicyclic) bond motifs is 2. The van der Waals surface area contributed by atoms with Crippen LogP contribution in [0.1, 0.15) is 18.4 Å². The fourth-order valence-electron chi connectivity index (χ4n) is 5.10. The van der Waals surface area contributed by atoms with Crippen molar-refractivity contribution in [1.29, 1.82) is 0 Å². The predicted octanol–water partition coefficient (Wildman–Crippen LogP) is 5.22. The molecule has 1 aliphatic rings. The van der Waals surface area contributed by atoms with E-state index in [1.807, 2.05) is 49.2 Å². The molecule has 176 valence electrons. The van der Waals surface area contributed by atoms with Crippen molar-refractivity contribution in [2.24, 2.45) is 0 Å². The van der Waals surface area contributed by atoms with Crippen LogP contribution in [0.25, 0.3) is 55.7 Å². The smallest absolute Gasteiger partial charge is 0.116 e. The molecular formula is C28H24N8. The first-order chi connectivity index (χ1) is 17.8. The molecule has 7 heterocycles. The van der Waals surface area contributed by atoms with Gasteiger partial charge in [0.25, 0.3) is 0 Å². The van der Waals surface area contributed by atoms with Crippen LogP contribution in [-0.4, -0.2) is 53.1 Å². The summed E-state index contributed by atoms with van der Waals surface area (Å²) in [6.45, 7) is 3.26. The first-order valence-electron chi connectivity index (χ1n) is 12.2. The van der Waals surface area contributed by atoms with Crippen molar-refractivity contribution in [3.05, 3.63) is 79.1 Å². The van der Waals surface area contributed by atoms with Gasteiger partial charge in [-0.25, -0.2) is 0 Å². The maximum atomic E-state index is 4.70. The maximum absolute atomic E-state index is 4.70. The van der Waals surface area contributed by atoms with E-state index in [9.17, 15) is 0 Å². The van der Waals surface area contributed by atoms with E-state index in [2.05, 4.69) is 53.2 Å². The van der Waals surface area contributed by atoms with Crippen molar-refractivity contribution in [2.45, 2.75) is 19.4 Å². The Balaban J connectivity index is 1.28. The van der Waals surface area contributed by atoms with E-state index in [0.29, 0.717) is 0 Å². The molecule has 0 bridgehead atoms. The van der Waals surface area contributed by atoms with E-state index in [-0.39, 0.29) is 0 Å². The van der Waals surface area contributed by atoms with Crippen molar-refractivity contribution in [3.8, 4) is 33.9 Å². The number of rotatable bonds is 5. The highest BCUT2D eigenvalue weighted by molar-refractivity contribution is 6.00. The lowest BCUT2D eigenvalue weighted by atomic mass is 10.1. The minimum absolute atomic E-state index is 0.845. The molecule has 1 fully saturated rings. The number of nitrogens with zero attached hydrogens (tertiary/aromatic N) is 6. The number of likely N-dealkylation sites (tertiary alicyclic amines) is 1. The lowest BCUT2D eigenvalue weighted by Crippen LogP contribution is -2.18. The van der Waals surface area contributed by atoms with Crippen LogP contribution in [0.15, 0.2) is 73.6 Å². The molecule has 1 aliphatic heterocycles. The number of hydrogen-bond donors (Lipinski definition) is 2. The van der Waals surface area contributed by atoms with Crippen LogP contribution in [0.2, 0.25) is 0 Å². The third-order valence-electron chi connectivity index (χ3n) is 6.88. The molecule has 0 amide bonds. The van der Waals surface area contributed by atoms with Gasteiger partial charge in [0.15, 0.2) is 0 Å². The van der Waals surface area contributed by atoms with Crippen LogP contribution in [0.3, 0.4) is 0 Å². The summed E-state index contributed by atoms with van der Waals surface area (Å²) in [5, 5.41) is 9.82. The Kier molecular flexibility index (Phi) is 5.03. The Labute approximate surface area is 207 Å². The van der Waals surface area contributed by atoms with Crippen LogP contribution in [0, 0.1) is 0 Å². The van der Waals surface area contributed by atoms with Crippen molar-refractivity contribution < 1.29 is 0 Å². The zero-order valence-electron chi connectivity index (χ0n) is 19.6.